The first-order valence-corrected chi connectivity index (χ1v) is 8.88. The van der Waals surface area contributed by atoms with E-state index in [1.54, 1.807) is 0 Å². The van der Waals surface area contributed by atoms with Gasteiger partial charge in [0.2, 0.25) is 11.8 Å². The molecule has 1 unspecified atom stereocenters. The highest BCUT2D eigenvalue weighted by Gasteiger charge is 2.25. The molecule has 6 nitrogen and oxygen atoms in total. The van der Waals surface area contributed by atoms with E-state index in [2.05, 4.69) is 38.2 Å². The van der Waals surface area contributed by atoms with Crippen molar-refractivity contribution >= 4 is 17.8 Å². The molecule has 0 spiro atoms. The van der Waals surface area contributed by atoms with Crippen LogP contribution in [0.3, 0.4) is 0 Å². The lowest BCUT2D eigenvalue weighted by atomic mass is 9.86. The second-order valence-corrected chi connectivity index (χ2v) is 7.53. The van der Waals surface area contributed by atoms with Crippen LogP contribution in [0.25, 0.3) is 0 Å². The van der Waals surface area contributed by atoms with E-state index in [4.69, 9.17) is 0 Å². The van der Waals surface area contributed by atoms with Gasteiger partial charge in [0.1, 0.15) is 6.04 Å². The molecule has 0 aliphatic carbocycles. The third-order valence-electron chi connectivity index (χ3n) is 4.32. The number of rotatable bonds is 8. The van der Waals surface area contributed by atoms with Crippen molar-refractivity contribution in [2.75, 3.05) is 13.1 Å². The van der Waals surface area contributed by atoms with Crippen molar-refractivity contribution in [1.29, 1.82) is 0 Å². The number of amides is 2. The van der Waals surface area contributed by atoms with E-state index in [0.717, 1.165) is 5.56 Å². The fourth-order valence-corrected chi connectivity index (χ4v) is 2.59. The van der Waals surface area contributed by atoms with Crippen LogP contribution in [0.15, 0.2) is 24.3 Å². The van der Waals surface area contributed by atoms with Gasteiger partial charge in [-0.3, -0.25) is 9.59 Å². The molecule has 1 rings (SSSR count). The van der Waals surface area contributed by atoms with Crippen molar-refractivity contribution in [3.8, 4) is 0 Å². The average Bonchev–Trinajstić information content (AvgIpc) is 2.55. The molecular formula is C20H30N2O4. The quantitative estimate of drug-likeness (QED) is 0.743. The van der Waals surface area contributed by atoms with Gasteiger partial charge in [-0.1, -0.05) is 45.0 Å². The van der Waals surface area contributed by atoms with Crippen LogP contribution in [0, 0.1) is 0 Å². The smallest absolute Gasteiger partial charge is 0.326 e. The van der Waals surface area contributed by atoms with Gasteiger partial charge < -0.3 is 15.3 Å². The molecule has 0 aliphatic heterocycles. The molecule has 0 bridgehead atoms. The normalized spacial score (nSPS) is 12.3. The number of hydrogen-bond acceptors (Lipinski definition) is 3. The lowest BCUT2D eigenvalue weighted by Gasteiger charge is -2.26. The van der Waals surface area contributed by atoms with Crippen LogP contribution in [0.4, 0.5) is 0 Å². The predicted octanol–water partition coefficient (Wildman–Crippen LogP) is 2.35. The summed E-state index contributed by atoms with van der Waals surface area (Å²) in [6.07, 6.45) is 0.777. The van der Waals surface area contributed by atoms with E-state index in [9.17, 15) is 19.5 Å². The van der Waals surface area contributed by atoms with Gasteiger partial charge in [-0.15, -0.1) is 0 Å². The van der Waals surface area contributed by atoms with Crippen LogP contribution < -0.4 is 5.32 Å². The standard InChI is InChI=1S/C20H30N2O4/c1-14(19(25)26)22(13-12-21-15(2)23)18(24)11-8-16-6-9-17(10-7-16)20(3,4)5/h6-7,9-10,14H,8,11-13H2,1-5H3,(H,21,23)(H,25,26). The molecule has 0 saturated heterocycles. The van der Waals surface area contributed by atoms with Gasteiger partial charge in [-0.25, -0.2) is 4.79 Å². The Morgan fingerprint density at radius 3 is 2.19 bits per heavy atom. The average molecular weight is 362 g/mol. The molecule has 1 aromatic rings. The molecule has 0 heterocycles. The van der Waals surface area contributed by atoms with Crippen LogP contribution >= 0.6 is 0 Å². The molecule has 26 heavy (non-hydrogen) atoms. The fourth-order valence-electron chi connectivity index (χ4n) is 2.59. The lowest BCUT2D eigenvalue weighted by molar-refractivity contribution is -0.149. The van der Waals surface area contributed by atoms with Gasteiger partial charge in [-0.05, 0) is 29.9 Å². The minimum absolute atomic E-state index is 0.0752. The molecular weight excluding hydrogens is 332 g/mol. The molecule has 0 saturated carbocycles. The molecule has 2 amide bonds. The van der Waals surface area contributed by atoms with Gasteiger partial charge in [0.25, 0.3) is 0 Å². The minimum atomic E-state index is -1.06. The highest BCUT2D eigenvalue weighted by Crippen LogP contribution is 2.22. The number of benzene rings is 1. The van der Waals surface area contributed by atoms with E-state index in [1.165, 1.54) is 24.3 Å². The third-order valence-corrected chi connectivity index (χ3v) is 4.32. The topological polar surface area (TPSA) is 86.7 Å². The number of nitrogens with one attached hydrogen (secondary N) is 1. The Kier molecular flexibility index (Phi) is 7.80. The second-order valence-electron chi connectivity index (χ2n) is 7.53. The summed E-state index contributed by atoms with van der Waals surface area (Å²) in [4.78, 5) is 36.1. The molecule has 2 N–H and O–H groups in total. The van der Waals surface area contributed by atoms with Crippen LogP contribution in [0.1, 0.15) is 52.2 Å². The maximum Gasteiger partial charge on any atom is 0.326 e. The van der Waals surface area contributed by atoms with E-state index < -0.39 is 12.0 Å². The first kappa shape index (κ1) is 21.7. The number of aliphatic carboxylic acids is 1. The van der Waals surface area contributed by atoms with Gasteiger partial charge >= 0.3 is 5.97 Å². The Morgan fingerprint density at radius 1 is 1.15 bits per heavy atom. The van der Waals surface area contributed by atoms with E-state index >= 15 is 0 Å². The van der Waals surface area contributed by atoms with Crippen LogP contribution in [-0.4, -0.2) is 46.9 Å². The zero-order valence-electron chi connectivity index (χ0n) is 16.3. The summed E-state index contributed by atoms with van der Waals surface area (Å²) in [6.45, 7) is 9.71. The van der Waals surface area contributed by atoms with Gasteiger partial charge in [0.05, 0.1) is 0 Å². The summed E-state index contributed by atoms with van der Waals surface area (Å²) in [5.74, 6) is -1.50. The number of aryl methyl sites for hydroxylation is 1. The van der Waals surface area contributed by atoms with Gasteiger partial charge in [-0.2, -0.15) is 0 Å². The number of carbonyl (C=O) groups is 3. The molecule has 1 aromatic carbocycles. The molecule has 0 fully saturated rings. The summed E-state index contributed by atoms with van der Waals surface area (Å²) < 4.78 is 0. The van der Waals surface area contributed by atoms with E-state index in [0.29, 0.717) is 6.42 Å². The first-order valence-electron chi connectivity index (χ1n) is 8.88. The Bertz CT molecular complexity index is 632. The Balaban J connectivity index is 2.70. The zero-order chi connectivity index (χ0) is 19.9. The highest BCUT2D eigenvalue weighted by molar-refractivity contribution is 5.83. The van der Waals surface area contributed by atoms with Crippen LogP contribution in [0.2, 0.25) is 0 Å². The summed E-state index contributed by atoms with van der Waals surface area (Å²) in [5, 5.41) is 11.8. The largest absolute Gasteiger partial charge is 0.480 e. The summed E-state index contributed by atoms with van der Waals surface area (Å²) in [5.41, 5.74) is 2.34. The van der Waals surface area contributed by atoms with Crippen molar-refractivity contribution in [3.63, 3.8) is 0 Å². The fraction of sp³-hybridized carbons (Fsp3) is 0.550. The Labute approximate surface area is 155 Å². The Morgan fingerprint density at radius 2 is 1.73 bits per heavy atom. The van der Waals surface area contributed by atoms with Crippen LogP contribution in [-0.2, 0) is 26.2 Å². The SMILES string of the molecule is CC(=O)NCCN(C(=O)CCc1ccc(C(C)(C)C)cc1)C(C)C(=O)O. The van der Waals surface area contributed by atoms with E-state index in [1.807, 2.05) is 12.1 Å². The number of carboxylic acid groups (broad SMARTS) is 1. The monoisotopic (exact) mass is 362 g/mol. The number of nitrogens with zero attached hydrogens (tertiary/aromatic N) is 1. The molecule has 0 aliphatic rings. The highest BCUT2D eigenvalue weighted by atomic mass is 16.4. The number of carboxylic acids is 1. The van der Waals surface area contributed by atoms with E-state index in [-0.39, 0.29) is 36.7 Å². The van der Waals surface area contributed by atoms with Gasteiger partial charge in [0.15, 0.2) is 0 Å². The maximum atomic E-state index is 12.5. The minimum Gasteiger partial charge on any atom is -0.480 e. The summed E-state index contributed by atoms with van der Waals surface area (Å²) >= 11 is 0. The predicted molar refractivity (Wildman–Crippen MR) is 101 cm³/mol. The number of carbonyl (C=O) groups excluding carboxylic acids is 2. The van der Waals surface area contributed by atoms with Crippen molar-refractivity contribution in [2.45, 2.75) is 58.9 Å². The molecule has 0 radical (unpaired) electrons. The molecule has 6 heteroatoms. The Hall–Kier alpha value is -2.37. The molecule has 0 aromatic heterocycles. The van der Waals surface area contributed by atoms with Crippen molar-refractivity contribution in [3.05, 3.63) is 35.4 Å². The van der Waals surface area contributed by atoms with Gasteiger partial charge in [0, 0.05) is 26.4 Å². The summed E-state index contributed by atoms with van der Waals surface area (Å²) in [7, 11) is 0. The third kappa shape index (κ3) is 6.86. The van der Waals surface area contributed by atoms with Crippen molar-refractivity contribution in [1.82, 2.24) is 10.2 Å². The van der Waals surface area contributed by atoms with Crippen molar-refractivity contribution < 1.29 is 19.5 Å². The molecule has 144 valence electrons. The lowest BCUT2D eigenvalue weighted by Crippen LogP contribution is -2.46. The van der Waals surface area contributed by atoms with Crippen molar-refractivity contribution in [2.24, 2.45) is 0 Å². The zero-order valence-corrected chi connectivity index (χ0v) is 16.3. The molecule has 1 atom stereocenters. The first-order chi connectivity index (χ1) is 12.0. The maximum absolute atomic E-state index is 12.5. The van der Waals surface area contributed by atoms with Crippen LogP contribution in [0.5, 0.6) is 0 Å². The summed E-state index contributed by atoms with van der Waals surface area (Å²) in [6, 6.07) is 7.22. The second kappa shape index (κ2) is 9.36. The number of hydrogen-bond donors (Lipinski definition) is 2.